The van der Waals surface area contributed by atoms with Gasteiger partial charge in [-0.15, -0.1) is 0 Å². The van der Waals surface area contributed by atoms with E-state index in [2.05, 4.69) is 4.98 Å². The predicted octanol–water partition coefficient (Wildman–Crippen LogP) is 0.0801. The smallest absolute Gasteiger partial charge is 0.323 e. The lowest BCUT2D eigenvalue weighted by molar-refractivity contribution is -0.137. The molecule has 0 aliphatic heterocycles. The van der Waals surface area contributed by atoms with Crippen molar-refractivity contribution in [3.05, 3.63) is 33.2 Å². The van der Waals surface area contributed by atoms with Crippen LogP contribution in [0, 0.1) is 13.8 Å². The highest BCUT2D eigenvalue weighted by Gasteiger charge is 2.23. The minimum Gasteiger partial charge on any atom is -0.480 e. The molecule has 1 aromatic heterocycles. The molecule has 0 atom stereocenters. The van der Waals surface area contributed by atoms with Crippen LogP contribution in [0.1, 0.15) is 21.6 Å². The van der Waals surface area contributed by atoms with Crippen molar-refractivity contribution in [1.29, 1.82) is 0 Å². The third kappa shape index (κ3) is 4.71. The Morgan fingerprint density at radius 1 is 1.24 bits per heavy atom. The van der Waals surface area contributed by atoms with E-state index in [1.807, 2.05) is 19.0 Å². The molecule has 116 valence electrons. The molecule has 1 aromatic rings. The minimum absolute atomic E-state index is 0.000561. The lowest BCUT2D eigenvalue weighted by Gasteiger charge is -2.23. The van der Waals surface area contributed by atoms with Gasteiger partial charge in [0.25, 0.3) is 11.5 Å². The fraction of sp³-hybridized carbons (Fsp3) is 0.500. The Morgan fingerprint density at radius 2 is 1.86 bits per heavy atom. The largest absolute Gasteiger partial charge is 0.480 e. The van der Waals surface area contributed by atoms with Crippen molar-refractivity contribution in [2.75, 3.05) is 33.7 Å². The number of carboxylic acids is 1. The van der Waals surface area contributed by atoms with Gasteiger partial charge in [-0.1, -0.05) is 0 Å². The van der Waals surface area contributed by atoms with Gasteiger partial charge in [0, 0.05) is 18.8 Å². The third-order valence-electron chi connectivity index (χ3n) is 3.01. The Morgan fingerprint density at radius 3 is 2.33 bits per heavy atom. The summed E-state index contributed by atoms with van der Waals surface area (Å²) in [7, 11) is 3.65. The number of pyridine rings is 1. The Kier molecular flexibility index (Phi) is 5.66. The summed E-state index contributed by atoms with van der Waals surface area (Å²) in [4.78, 5) is 41.0. The number of nitrogens with one attached hydrogen (secondary N) is 1. The van der Waals surface area contributed by atoms with Crippen LogP contribution in [0.4, 0.5) is 0 Å². The van der Waals surface area contributed by atoms with Gasteiger partial charge in [0.2, 0.25) is 0 Å². The molecule has 0 aliphatic carbocycles. The maximum absolute atomic E-state index is 12.5. The lowest BCUT2D eigenvalue weighted by Crippen LogP contribution is -2.42. The summed E-state index contributed by atoms with van der Waals surface area (Å²) in [6, 6.07) is 1.69. The van der Waals surface area contributed by atoms with E-state index in [1.54, 1.807) is 19.9 Å². The van der Waals surface area contributed by atoms with Crippen LogP contribution in [-0.2, 0) is 4.79 Å². The molecule has 0 bridgehead atoms. The molecule has 0 saturated heterocycles. The number of aromatic nitrogens is 1. The molecule has 0 aliphatic rings. The van der Waals surface area contributed by atoms with Crippen LogP contribution in [0.5, 0.6) is 0 Å². The van der Waals surface area contributed by atoms with E-state index >= 15 is 0 Å². The second-order valence-electron chi connectivity index (χ2n) is 5.26. The third-order valence-corrected chi connectivity index (χ3v) is 3.01. The van der Waals surface area contributed by atoms with E-state index in [-0.39, 0.29) is 12.1 Å². The average Bonchev–Trinajstić information content (AvgIpc) is 2.32. The number of aryl methyl sites for hydroxylation is 2. The summed E-state index contributed by atoms with van der Waals surface area (Å²) in [5.74, 6) is -1.67. The SMILES string of the molecule is Cc1cc(C)c(C(=O)N(CCN(C)C)CC(=O)O)c(=O)[nH]1. The first kappa shape index (κ1) is 16.9. The highest BCUT2D eigenvalue weighted by Crippen LogP contribution is 2.07. The highest BCUT2D eigenvalue weighted by molar-refractivity contribution is 5.96. The number of carbonyl (C=O) groups excluding carboxylic acids is 1. The molecule has 0 unspecified atom stereocenters. The summed E-state index contributed by atoms with van der Waals surface area (Å²) < 4.78 is 0. The second-order valence-corrected chi connectivity index (χ2v) is 5.26. The first-order valence-electron chi connectivity index (χ1n) is 6.58. The van der Waals surface area contributed by atoms with Crippen LogP contribution in [0.2, 0.25) is 0 Å². The molecular weight excluding hydrogens is 274 g/mol. The number of carbonyl (C=O) groups is 2. The molecule has 1 rings (SSSR count). The number of nitrogens with zero attached hydrogens (tertiary/aromatic N) is 2. The summed E-state index contributed by atoms with van der Waals surface area (Å²) in [5.41, 5.74) is 0.715. The number of likely N-dealkylation sites (N-methyl/N-ethyl adjacent to an activating group) is 1. The molecule has 0 fully saturated rings. The van der Waals surface area contributed by atoms with Crippen LogP contribution < -0.4 is 5.56 Å². The van der Waals surface area contributed by atoms with Crippen LogP contribution in [0.3, 0.4) is 0 Å². The van der Waals surface area contributed by atoms with E-state index in [0.717, 1.165) is 0 Å². The average molecular weight is 295 g/mol. The van der Waals surface area contributed by atoms with Crippen LogP contribution in [0.15, 0.2) is 10.9 Å². The second kappa shape index (κ2) is 7.03. The van der Waals surface area contributed by atoms with Gasteiger partial charge in [0.15, 0.2) is 0 Å². The maximum atomic E-state index is 12.5. The number of hydrogen-bond acceptors (Lipinski definition) is 4. The lowest BCUT2D eigenvalue weighted by atomic mass is 10.1. The zero-order valence-electron chi connectivity index (χ0n) is 12.8. The molecule has 1 amide bonds. The fourth-order valence-electron chi connectivity index (χ4n) is 2.01. The molecule has 2 N–H and O–H groups in total. The molecule has 21 heavy (non-hydrogen) atoms. The number of hydrogen-bond donors (Lipinski definition) is 2. The van der Waals surface area contributed by atoms with Gasteiger partial charge < -0.3 is 19.9 Å². The molecule has 0 aromatic carbocycles. The van der Waals surface area contributed by atoms with Gasteiger partial charge in [0.1, 0.15) is 12.1 Å². The van der Waals surface area contributed by atoms with E-state index < -0.39 is 24.0 Å². The van der Waals surface area contributed by atoms with Gasteiger partial charge >= 0.3 is 5.97 Å². The predicted molar refractivity (Wildman–Crippen MR) is 78.6 cm³/mol. The summed E-state index contributed by atoms with van der Waals surface area (Å²) >= 11 is 0. The molecule has 0 spiro atoms. The fourth-order valence-corrected chi connectivity index (χ4v) is 2.01. The quantitative estimate of drug-likeness (QED) is 0.775. The minimum atomic E-state index is -1.11. The van der Waals surface area contributed by atoms with Gasteiger partial charge in [-0.3, -0.25) is 14.4 Å². The first-order valence-corrected chi connectivity index (χ1v) is 6.58. The molecule has 1 heterocycles. The zero-order valence-corrected chi connectivity index (χ0v) is 12.8. The van der Waals surface area contributed by atoms with Crippen LogP contribution >= 0.6 is 0 Å². The number of H-pyrrole nitrogens is 1. The Bertz CT molecular complexity index is 592. The van der Waals surface area contributed by atoms with Crippen LogP contribution in [-0.4, -0.2) is 65.5 Å². The summed E-state index contributed by atoms with van der Waals surface area (Å²) in [6.45, 7) is 3.72. The van der Waals surface area contributed by atoms with Crippen molar-refractivity contribution in [2.24, 2.45) is 0 Å². The first-order chi connectivity index (χ1) is 9.72. The number of aromatic amines is 1. The van der Waals surface area contributed by atoms with Crippen molar-refractivity contribution in [3.63, 3.8) is 0 Å². The maximum Gasteiger partial charge on any atom is 0.323 e. The standard InChI is InChI=1S/C14H21N3O4/c1-9-7-10(2)15-13(20)12(9)14(21)17(8-11(18)19)6-5-16(3)4/h7H,5-6,8H2,1-4H3,(H,15,20)(H,18,19). The van der Waals surface area contributed by atoms with Gasteiger partial charge in [-0.2, -0.15) is 0 Å². The topological polar surface area (TPSA) is 93.7 Å². The molecule has 7 nitrogen and oxygen atoms in total. The van der Waals surface area contributed by atoms with Crippen molar-refractivity contribution < 1.29 is 14.7 Å². The monoisotopic (exact) mass is 295 g/mol. The Hall–Kier alpha value is -2.15. The molecule has 0 saturated carbocycles. The Labute approximate surface area is 123 Å². The molecule has 0 radical (unpaired) electrons. The van der Waals surface area contributed by atoms with Gasteiger partial charge in [0.05, 0.1) is 0 Å². The Balaban J connectivity index is 3.10. The number of amides is 1. The highest BCUT2D eigenvalue weighted by atomic mass is 16.4. The van der Waals surface area contributed by atoms with E-state index in [4.69, 9.17) is 5.11 Å². The summed E-state index contributed by atoms with van der Waals surface area (Å²) in [5, 5.41) is 8.93. The molecular formula is C14H21N3O4. The van der Waals surface area contributed by atoms with Crippen molar-refractivity contribution in [1.82, 2.24) is 14.8 Å². The van der Waals surface area contributed by atoms with Crippen LogP contribution in [0.25, 0.3) is 0 Å². The number of rotatable bonds is 6. The van der Waals surface area contributed by atoms with E-state index in [1.165, 1.54) is 4.90 Å². The van der Waals surface area contributed by atoms with Crippen molar-refractivity contribution in [3.8, 4) is 0 Å². The van der Waals surface area contributed by atoms with Gasteiger partial charge in [-0.05, 0) is 39.6 Å². The van der Waals surface area contributed by atoms with E-state index in [9.17, 15) is 14.4 Å². The van der Waals surface area contributed by atoms with Crippen molar-refractivity contribution >= 4 is 11.9 Å². The van der Waals surface area contributed by atoms with Gasteiger partial charge in [-0.25, -0.2) is 0 Å². The number of aliphatic carboxylic acids is 1. The number of carboxylic acid groups (broad SMARTS) is 1. The summed E-state index contributed by atoms with van der Waals surface area (Å²) in [6.07, 6.45) is 0. The normalized spacial score (nSPS) is 10.7. The van der Waals surface area contributed by atoms with E-state index in [0.29, 0.717) is 17.8 Å². The zero-order chi connectivity index (χ0) is 16.2. The molecule has 7 heteroatoms. The van der Waals surface area contributed by atoms with Crippen molar-refractivity contribution in [2.45, 2.75) is 13.8 Å².